The molecule has 0 aliphatic rings. The van der Waals surface area contributed by atoms with E-state index in [1.165, 1.54) is 24.3 Å². The molecule has 0 heterocycles. The molecule has 0 bridgehead atoms. The first-order chi connectivity index (χ1) is 5.70. The number of hydrogen-bond acceptors (Lipinski definition) is 3. The van der Waals surface area contributed by atoms with E-state index in [2.05, 4.69) is 4.74 Å². The zero-order valence-electron chi connectivity index (χ0n) is 7.32. The maximum absolute atomic E-state index is 8.65. The Bertz CT molecular complexity index is 170. The number of phenolic OH excluding ortho intramolecular Hbond substituents is 2. The summed E-state index contributed by atoms with van der Waals surface area (Å²) in [6.07, 6.45) is 0. The van der Waals surface area contributed by atoms with E-state index in [0.29, 0.717) is 0 Å². The Morgan fingerprint density at radius 1 is 1.08 bits per heavy atom. The van der Waals surface area contributed by atoms with E-state index in [1.807, 2.05) is 6.92 Å². The van der Waals surface area contributed by atoms with Gasteiger partial charge in [0.1, 0.15) is 11.5 Å². The van der Waals surface area contributed by atoms with Crippen LogP contribution in [0.5, 0.6) is 11.5 Å². The Labute approximate surface area is 72.2 Å². The van der Waals surface area contributed by atoms with Crippen molar-refractivity contribution >= 4 is 0 Å². The van der Waals surface area contributed by atoms with Crippen molar-refractivity contribution in [1.82, 2.24) is 0 Å². The lowest BCUT2D eigenvalue weighted by molar-refractivity contribution is 0.215. The summed E-state index contributed by atoms with van der Waals surface area (Å²) in [5, 5.41) is 17.3. The van der Waals surface area contributed by atoms with Crippen LogP contribution >= 0.6 is 0 Å². The monoisotopic (exact) mass is 170 g/mol. The van der Waals surface area contributed by atoms with Gasteiger partial charge in [0.25, 0.3) is 0 Å². The first-order valence-electron chi connectivity index (χ1n) is 3.67. The minimum Gasteiger partial charge on any atom is -0.508 e. The molecule has 12 heavy (non-hydrogen) atoms. The summed E-state index contributed by atoms with van der Waals surface area (Å²) < 4.78 is 4.54. The Kier molecular flexibility index (Phi) is 5.83. The van der Waals surface area contributed by atoms with Crippen LogP contribution in [0.3, 0.4) is 0 Å². The second-order valence-electron chi connectivity index (χ2n) is 2.09. The van der Waals surface area contributed by atoms with E-state index in [9.17, 15) is 0 Å². The molecule has 1 aromatic rings. The fourth-order valence-corrected chi connectivity index (χ4v) is 0.453. The molecule has 0 aromatic heterocycles. The number of rotatable bonds is 1. The van der Waals surface area contributed by atoms with Gasteiger partial charge >= 0.3 is 0 Å². The van der Waals surface area contributed by atoms with Gasteiger partial charge in [-0.25, -0.2) is 0 Å². The molecule has 3 heteroatoms. The number of hydrogen-bond donors (Lipinski definition) is 2. The topological polar surface area (TPSA) is 49.7 Å². The molecule has 0 aliphatic carbocycles. The molecule has 68 valence electrons. The van der Waals surface area contributed by atoms with Crippen molar-refractivity contribution in [3.05, 3.63) is 24.3 Å². The third kappa shape index (κ3) is 5.56. The average Bonchev–Trinajstić information content (AvgIpc) is 2.11. The summed E-state index contributed by atoms with van der Waals surface area (Å²) in [6, 6.07) is 5.70. The average molecular weight is 170 g/mol. The molecular formula is C9H14O3. The molecule has 0 aliphatic heterocycles. The number of phenols is 2. The minimum absolute atomic E-state index is 0.169. The van der Waals surface area contributed by atoms with Gasteiger partial charge in [0.15, 0.2) is 0 Å². The molecular weight excluding hydrogens is 156 g/mol. The van der Waals surface area contributed by atoms with Crippen LogP contribution in [-0.4, -0.2) is 23.9 Å². The molecule has 0 unspecified atom stereocenters. The lowest BCUT2D eigenvalue weighted by Crippen LogP contribution is -1.73. The fraction of sp³-hybridized carbons (Fsp3) is 0.333. The van der Waals surface area contributed by atoms with Crippen molar-refractivity contribution in [3.63, 3.8) is 0 Å². The van der Waals surface area contributed by atoms with Crippen molar-refractivity contribution in [2.24, 2.45) is 0 Å². The fourth-order valence-electron chi connectivity index (χ4n) is 0.453. The Morgan fingerprint density at radius 2 is 1.33 bits per heavy atom. The summed E-state index contributed by atoms with van der Waals surface area (Å²) in [5.74, 6) is 0.339. The summed E-state index contributed by atoms with van der Waals surface area (Å²) in [6.45, 7) is 2.78. The van der Waals surface area contributed by atoms with Gasteiger partial charge < -0.3 is 14.9 Å². The Hall–Kier alpha value is -1.22. The minimum atomic E-state index is 0.169. The number of aromatic hydroxyl groups is 2. The van der Waals surface area contributed by atoms with Crippen molar-refractivity contribution < 1.29 is 14.9 Å². The highest BCUT2D eigenvalue weighted by Gasteiger charge is 1.84. The zero-order valence-corrected chi connectivity index (χ0v) is 7.32. The van der Waals surface area contributed by atoms with Crippen LogP contribution in [0.4, 0.5) is 0 Å². The lowest BCUT2D eigenvalue weighted by Gasteiger charge is -1.88. The summed E-state index contributed by atoms with van der Waals surface area (Å²) in [5.41, 5.74) is 0. The van der Waals surface area contributed by atoms with Gasteiger partial charge in [-0.05, 0) is 31.2 Å². The van der Waals surface area contributed by atoms with Crippen molar-refractivity contribution in [3.8, 4) is 11.5 Å². The predicted octanol–water partition coefficient (Wildman–Crippen LogP) is 1.75. The SMILES string of the molecule is CCOC.Oc1ccc(O)cc1. The molecule has 0 atom stereocenters. The lowest BCUT2D eigenvalue weighted by atomic mass is 10.3. The zero-order chi connectivity index (χ0) is 9.40. The number of ether oxygens (including phenoxy) is 1. The van der Waals surface area contributed by atoms with Crippen LogP contribution in [0.2, 0.25) is 0 Å². The summed E-state index contributed by atoms with van der Waals surface area (Å²) in [4.78, 5) is 0. The van der Waals surface area contributed by atoms with E-state index in [-0.39, 0.29) is 11.5 Å². The maximum Gasteiger partial charge on any atom is 0.115 e. The second-order valence-corrected chi connectivity index (χ2v) is 2.09. The summed E-state index contributed by atoms with van der Waals surface area (Å²) in [7, 11) is 1.68. The molecule has 0 saturated heterocycles. The first-order valence-corrected chi connectivity index (χ1v) is 3.67. The van der Waals surface area contributed by atoms with Crippen LogP contribution in [0.15, 0.2) is 24.3 Å². The van der Waals surface area contributed by atoms with Gasteiger partial charge in [-0.2, -0.15) is 0 Å². The van der Waals surface area contributed by atoms with Crippen molar-refractivity contribution in [2.75, 3.05) is 13.7 Å². The molecule has 1 rings (SSSR count). The van der Waals surface area contributed by atoms with Crippen LogP contribution < -0.4 is 0 Å². The van der Waals surface area contributed by atoms with Crippen LogP contribution in [0.1, 0.15) is 6.92 Å². The standard InChI is InChI=1S/C6H6O2.C3H8O/c7-5-1-2-6(8)4-3-5;1-3-4-2/h1-4,7-8H;3H2,1-2H3. The molecule has 1 aromatic carbocycles. The van der Waals surface area contributed by atoms with E-state index in [1.54, 1.807) is 7.11 Å². The smallest absolute Gasteiger partial charge is 0.115 e. The first kappa shape index (κ1) is 10.8. The molecule has 0 amide bonds. The highest BCUT2D eigenvalue weighted by molar-refractivity contribution is 5.28. The highest BCUT2D eigenvalue weighted by atomic mass is 16.5. The van der Waals surface area contributed by atoms with Crippen molar-refractivity contribution in [2.45, 2.75) is 6.92 Å². The third-order valence-corrected chi connectivity index (χ3v) is 1.14. The summed E-state index contributed by atoms with van der Waals surface area (Å²) >= 11 is 0. The normalized spacial score (nSPS) is 8.50. The van der Waals surface area contributed by atoms with Crippen LogP contribution in [0, 0.1) is 0 Å². The van der Waals surface area contributed by atoms with Gasteiger partial charge in [-0.3, -0.25) is 0 Å². The molecule has 0 fully saturated rings. The van der Waals surface area contributed by atoms with E-state index in [4.69, 9.17) is 10.2 Å². The Morgan fingerprint density at radius 3 is 1.50 bits per heavy atom. The molecule has 0 radical (unpaired) electrons. The van der Waals surface area contributed by atoms with Gasteiger partial charge in [0.05, 0.1) is 0 Å². The molecule has 2 N–H and O–H groups in total. The van der Waals surface area contributed by atoms with E-state index >= 15 is 0 Å². The maximum atomic E-state index is 8.65. The quantitative estimate of drug-likeness (QED) is 0.631. The third-order valence-electron chi connectivity index (χ3n) is 1.14. The second kappa shape index (κ2) is 6.49. The van der Waals surface area contributed by atoms with Crippen molar-refractivity contribution in [1.29, 1.82) is 0 Å². The number of benzene rings is 1. The van der Waals surface area contributed by atoms with Crippen LogP contribution in [-0.2, 0) is 4.74 Å². The van der Waals surface area contributed by atoms with E-state index < -0.39 is 0 Å². The Balaban J connectivity index is 0.000000261. The van der Waals surface area contributed by atoms with Gasteiger partial charge in [-0.15, -0.1) is 0 Å². The van der Waals surface area contributed by atoms with Gasteiger partial charge in [-0.1, -0.05) is 0 Å². The molecule has 0 spiro atoms. The van der Waals surface area contributed by atoms with Crippen LogP contribution in [0.25, 0.3) is 0 Å². The highest BCUT2D eigenvalue weighted by Crippen LogP contribution is 2.13. The molecule has 3 nitrogen and oxygen atoms in total. The van der Waals surface area contributed by atoms with Gasteiger partial charge in [0.2, 0.25) is 0 Å². The largest absolute Gasteiger partial charge is 0.508 e. The number of methoxy groups -OCH3 is 1. The van der Waals surface area contributed by atoms with E-state index in [0.717, 1.165) is 6.61 Å². The van der Waals surface area contributed by atoms with Gasteiger partial charge in [0, 0.05) is 13.7 Å². The molecule has 0 saturated carbocycles. The predicted molar refractivity (Wildman–Crippen MR) is 47.3 cm³/mol.